The van der Waals surface area contributed by atoms with Crippen LogP contribution in [0.1, 0.15) is 17.3 Å². The second-order valence-electron chi connectivity index (χ2n) is 7.95. The number of Topliss-reactive ketones (excluding diaryl/α,β-unsaturated/α-hetero) is 1. The summed E-state index contributed by atoms with van der Waals surface area (Å²) in [5.74, 6) is -1.72. The zero-order chi connectivity index (χ0) is 24.1. The van der Waals surface area contributed by atoms with Gasteiger partial charge in [0.25, 0.3) is 0 Å². The van der Waals surface area contributed by atoms with Gasteiger partial charge in [0.1, 0.15) is 10.8 Å². The van der Waals surface area contributed by atoms with Crippen LogP contribution >= 0.6 is 11.3 Å². The molecule has 0 amide bonds. The summed E-state index contributed by atoms with van der Waals surface area (Å²) in [6.07, 6.45) is 0.542. The van der Waals surface area contributed by atoms with E-state index in [1.807, 2.05) is 40.6 Å². The number of rotatable bonds is 7. The van der Waals surface area contributed by atoms with Crippen LogP contribution in [0.5, 0.6) is 0 Å². The Balaban J connectivity index is 1.40. The van der Waals surface area contributed by atoms with Crippen LogP contribution in [0.3, 0.4) is 0 Å². The minimum atomic E-state index is -3.75. The first-order valence-electron chi connectivity index (χ1n) is 10.8. The second kappa shape index (κ2) is 10.5. The molecule has 4 rings (SSSR count). The molecule has 0 aliphatic carbocycles. The lowest BCUT2D eigenvalue weighted by atomic mass is 10.1. The molecule has 2 aromatic carbocycles. The fraction of sp³-hybridized carbons (Fsp3) is 0.292. The van der Waals surface area contributed by atoms with E-state index in [4.69, 9.17) is 0 Å². The van der Waals surface area contributed by atoms with Gasteiger partial charge in [-0.1, -0.05) is 30.3 Å². The van der Waals surface area contributed by atoms with Gasteiger partial charge in [0.15, 0.2) is 11.7 Å². The molecule has 1 atom stereocenters. The molecule has 1 aliphatic heterocycles. The zero-order valence-corrected chi connectivity index (χ0v) is 19.9. The Bertz CT molecular complexity index is 1290. The van der Waals surface area contributed by atoms with Crippen molar-refractivity contribution in [1.82, 2.24) is 14.2 Å². The highest BCUT2D eigenvalue weighted by molar-refractivity contribution is 7.89. The third-order valence-electron chi connectivity index (χ3n) is 5.67. The van der Waals surface area contributed by atoms with Crippen LogP contribution in [0.15, 0.2) is 64.9 Å². The van der Waals surface area contributed by atoms with Crippen LogP contribution in [-0.2, 0) is 14.8 Å². The van der Waals surface area contributed by atoms with E-state index in [9.17, 15) is 22.9 Å². The van der Waals surface area contributed by atoms with Crippen LogP contribution in [0.2, 0.25) is 0 Å². The molecular weight excluding hydrogens is 475 g/mol. The number of nitriles is 1. The third-order valence-corrected chi connectivity index (χ3v) is 8.49. The van der Waals surface area contributed by atoms with Gasteiger partial charge >= 0.3 is 0 Å². The molecule has 1 fully saturated rings. The normalized spacial score (nSPS) is 16.5. The third kappa shape index (κ3) is 5.39. The summed E-state index contributed by atoms with van der Waals surface area (Å²) < 4.78 is 40.4. The van der Waals surface area contributed by atoms with Gasteiger partial charge in [-0.05, 0) is 37.2 Å². The Morgan fingerprint density at radius 3 is 2.53 bits per heavy atom. The van der Waals surface area contributed by atoms with Crippen LogP contribution in [0.4, 0.5) is 4.39 Å². The summed E-state index contributed by atoms with van der Waals surface area (Å²) in [6, 6.07) is 16.4. The number of carbonyl (C=O) groups is 1. The van der Waals surface area contributed by atoms with Crippen LogP contribution < -0.4 is 0 Å². The molecule has 3 aromatic rings. The van der Waals surface area contributed by atoms with Gasteiger partial charge in [0, 0.05) is 30.6 Å². The number of sulfonamides is 1. The van der Waals surface area contributed by atoms with Gasteiger partial charge in [-0.25, -0.2) is 17.8 Å². The highest BCUT2D eigenvalue weighted by Crippen LogP contribution is 2.27. The standard InChI is InChI=1S/C24H23FN4O3S2/c25-19-7-9-20(10-8-19)34(31,32)29-12-4-11-28(13-14-29)16-23(30)21(15-26)24-27-22(17-33-24)18-5-2-1-3-6-18/h1-3,5-10,17,21H,4,11-14,16H2. The smallest absolute Gasteiger partial charge is 0.243 e. The van der Waals surface area contributed by atoms with Crippen molar-refractivity contribution in [2.24, 2.45) is 0 Å². The molecule has 10 heteroatoms. The summed E-state index contributed by atoms with van der Waals surface area (Å²) in [7, 11) is -3.75. The number of hydrogen-bond acceptors (Lipinski definition) is 7. The first-order chi connectivity index (χ1) is 16.4. The SMILES string of the molecule is N#CC(C(=O)CN1CCCN(S(=O)(=O)c2ccc(F)cc2)CC1)c1nc(-c2ccccc2)cs1. The van der Waals surface area contributed by atoms with Crippen molar-refractivity contribution < 1.29 is 17.6 Å². The monoisotopic (exact) mass is 498 g/mol. The number of thiazole rings is 1. The van der Waals surface area contributed by atoms with Crippen molar-refractivity contribution in [3.63, 3.8) is 0 Å². The van der Waals surface area contributed by atoms with Gasteiger partial charge in [-0.2, -0.15) is 9.57 Å². The average molecular weight is 499 g/mol. The molecule has 176 valence electrons. The number of halogens is 1. The van der Waals surface area contributed by atoms with Crippen LogP contribution in [0, 0.1) is 17.1 Å². The van der Waals surface area contributed by atoms with Gasteiger partial charge in [-0.3, -0.25) is 9.69 Å². The Kier molecular flexibility index (Phi) is 7.48. The molecule has 1 saturated heterocycles. The number of carbonyl (C=O) groups excluding carboxylic acids is 1. The van der Waals surface area contributed by atoms with Crippen molar-refractivity contribution in [1.29, 1.82) is 5.26 Å². The van der Waals surface area contributed by atoms with E-state index in [1.54, 1.807) is 0 Å². The molecule has 7 nitrogen and oxygen atoms in total. The Morgan fingerprint density at radius 1 is 1.09 bits per heavy atom. The first-order valence-corrected chi connectivity index (χ1v) is 13.1. The first kappa shape index (κ1) is 24.2. The Morgan fingerprint density at radius 2 is 1.82 bits per heavy atom. The molecule has 0 spiro atoms. The summed E-state index contributed by atoms with van der Waals surface area (Å²) >= 11 is 1.29. The van der Waals surface area contributed by atoms with Crippen molar-refractivity contribution in [2.75, 3.05) is 32.7 Å². The molecule has 0 bridgehead atoms. The lowest BCUT2D eigenvalue weighted by Gasteiger charge is -2.21. The predicted molar refractivity (Wildman–Crippen MR) is 127 cm³/mol. The predicted octanol–water partition coefficient (Wildman–Crippen LogP) is 3.52. The van der Waals surface area contributed by atoms with E-state index in [1.165, 1.54) is 27.8 Å². The van der Waals surface area contributed by atoms with E-state index in [0.717, 1.165) is 23.4 Å². The van der Waals surface area contributed by atoms with Gasteiger partial charge in [0.2, 0.25) is 10.0 Å². The number of hydrogen-bond donors (Lipinski definition) is 0. The van der Waals surface area contributed by atoms with Gasteiger partial charge in [-0.15, -0.1) is 11.3 Å². The van der Waals surface area contributed by atoms with Crippen molar-refractivity contribution >= 4 is 27.1 Å². The van der Waals surface area contributed by atoms with Crippen molar-refractivity contribution in [3.8, 4) is 17.3 Å². The van der Waals surface area contributed by atoms with E-state index < -0.39 is 21.8 Å². The van der Waals surface area contributed by atoms with Crippen LogP contribution in [-0.4, -0.2) is 61.1 Å². The highest BCUT2D eigenvalue weighted by Gasteiger charge is 2.30. The minimum Gasteiger partial charge on any atom is -0.296 e. The molecule has 1 unspecified atom stereocenters. The molecule has 0 saturated carbocycles. The zero-order valence-electron chi connectivity index (χ0n) is 18.3. The average Bonchev–Trinajstić information content (AvgIpc) is 3.19. The number of nitrogens with zero attached hydrogens (tertiary/aromatic N) is 4. The summed E-state index contributed by atoms with van der Waals surface area (Å²) in [4.78, 5) is 19.4. The molecule has 2 heterocycles. The second-order valence-corrected chi connectivity index (χ2v) is 10.8. The maximum Gasteiger partial charge on any atom is 0.243 e. The molecule has 34 heavy (non-hydrogen) atoms. The molecule has 0 radical (unpaired) electrons. The van der Waals surface area contributed by atoms with Crippen molar-refractivity contribution in [3.05, 3.63) is 70.8 Å². The topological polar surface area (TPSA) is 94.4 Å². The molecule has 1 aromatic heterocycles. The lowest BCUT2D eigenvalue weighted by Crippen LogP contribution is -2.37. The minimum absolute atomic E-state index is 0.0426. The summed E-state index contributed by atoms with van der Waals surface area (Å²) in [5.41, 5.74) is 1.65. The lowest BCUT2D eigenvalue weighted by molar-refractivity contribution is -0.120. The Labute approximate surface area is 202 Å². The molecular formula is C24H23FN4O3S2. The van der Waals surface area contributed by atoms with Crippen LogP contribution in [0.25, 0.3) is 11.3 Å². The van der Waals surface area contributed by atoms with Gasteiger partial charge in [0.05, 0.1) is 23.2 Å². The molecule has 1 aliphatic rings. The number of ketones is 1. The fourth-order valence-electron chi connectivity index (χ4n) is 3.84. The summed E-state index contributed by atoms with van der Waals surface area (Å²) in [6.45, 7) is 1.45. The largest absolute Gasteiger partial charge is 0.296 e. The maximum atomic E-state index is 13.2. The van der Waals surface area contributed by atoms with E-state index in [-0.39, 0.29) is 23.8 Å². The van der Waals surface area contributed by atoms with E-state index >= 15 is 0 Å². The number of benzene rings is 2. The van der Waals surface area contributed by atoms with Crippen molar-refractivity contribution in [2.45, 2.75) is 17.2 Å². The quantitative estimate of drug-likeness (QED) is 0.495. The van der Waals surface area contributed by atoms with E-state index in [0.29, 0.717) is 31.1 Å². The van der Waals surface area contributed by atoms with E-state index in [2.05, 4.69) is 11.1 Å². The number of aromatic nitrogens is 1. The molecule has 0 N–H and O–H groups in total. The highest BCUT2D eigenvalue weighted by atomic mass is 32.2. The maximum absolute atomic E-state index is 13.2. The Hall–Kier alpha value is -2.97. The summed E-state index contributed by atoms with van der Waals surface area (Å²) in [5, 5.41) is 12.0. The fourth-order valence-corrected chi connectivity index (χ4v) is 6.20. The van der Waals surface area contributed by atoms with Gasteiger partial charge < -0.3 is 0 Å².